The van der Waals surface area contributed by atoms with E-state index in [0.717, 1.165) is 0 Å². The second kappa shape index (κ2) is 2.61. The highest BCUT2D eigenvalue weighted by Gasteiger charge is 2.46. The lowest BCUT2D eigenvalue weighted by atomic mass is 10.6. The zero-order valence-electron chi connectivity index (χ0n) is 4.61. The first-order valence-corrected chi connectivity index (χ1v) is 2.01. The van der Waals surface area contributed by atoms with Gasteiger partial charge in [0.2, 0.25) is 0 Å². The Bertz CT molecular complexity index is 161. The number of rotatable bonds is 2. The summed E-state index contributed by atoms with van der Waals surface area (Å²) in [6, 6.07) is 0. The Morgan fingerprint density at radius 1 is 1.18 bits per heavy atom. The topological polar surface area (TPSA) is 49.4 Å². The SMILES string of the molecule is O=C([O-])C(F)(F)OC(F)(F)F. The first kappa shape index (κ1) is 10.1. The summed E-state index contributed by atoms with van der Waals surface area (Å²) >= 11 is 0. The van der Waals surface area contributed by atoms with Crippen molar-refractivity contribution >= 4 is 5.97 Å². The van der Waals surface area contributed by atoms with Crippen molar-refractivity contribution in [2.75, 3.05) is 0 Å². The van der Waals surface area contributed by atoms with E-state index in [0.29, 0.717) is 0 Å². The largest absolute Gasteiger partial charge is 0.542 e. The van der Waals surface area contributed by atoms with Crippen molar-refractivity contribution < 1.29 is 36.6 Å². The van der Waals surface area contributed by atoms with Gasteiger partial charge in [-0.1, -0.05) is 0 Å². The summed E-state index contributed by atoms with van der Waals surface area (Å²) in [7, 11) is 0. The Morgan fingerprint density at radius 3 is 1.64 bits per heavy atom. The van der Waals surface area contributed by atoms with Gasteiger partial charge in [-0.25, -0.2) is 4.74 Å². The number of ether oxygens (including phenoxy) is 1. The summed E-state index contributed by atoms with van der Waals surface area (Å²) in [6.07, 6.45) is -11.0. The van der Waals surface area contributed by atoms with E-state index in [1.165, 1.54) is 0 Å². The monoisotopic (exact) mass is 179 g/mol. The molecular formula is C3F5O3-. The minimum atomic E-state index is -5.70. The molecule has 0 saturated carbocycles. The average molecular weight is 179 g/mol. The number of hydrogen-bond donors (Lipinski definition) is 0. The minimum absolute atomic E-state index is 1.89. The van der Waals surface area contributed by atoms with Gasteiger partial charge in [0.05, 0.1) is 0 Å². The minimum Gasteiger partial charge on any atom is -0.542 e. The Kier molecular flexibility index (Phi) is 2.39. The van der Waals surface area contributed by atoms with Crippen LogP contribution in [0.3, 0.4) is 0 Å². The lowest BCUT2D eigenvalue weighted by molar-refractivity contribution is -0.440. The zero-order valence-corrected chi connectivity index (χ0v) is 4.61. The van der Waals surface area contributed by atoms with Crippen LogP contribution in [0.2, 0.25) is 0 Å². The molecule has 0 fully saturated rings. The Labute approximate surface area is 56.4 Å². The van der Waals surface area contributed by atoms with Crippen LogP contribution in [-0.2, 0) is 9.53 Å². The van der Waals surface area contributed by atoms with Crippen LogP contribution in [0.5, 0.6) is 0 Å². The summed E-state index contributed by atoms with van der Waals surface area (Å²) in [5.74, 6) is -3.24. The molecule has 0 aromatic carbocycles. The number of carbonyl (C=O) groups is 1. The van der Waals surface area contributed by atoms with Crippen LogP contribution in [-0.4, -0.2) is 18.4 Å². The molecular weight excluding hydrogens is 179 g/mol. The van der Waals surface area contributed by atoms with Crippen LogP contribution >= 0.6 is 0 Å². The molecule has 0 atom stereocenters. The van der Waals surface area contributed by atoms with Crippen LogP contribution in [0, 0.1) is 0 Å². The van der Waals surface area contributed by atoms with Gasteiger partial charge in [-0.05, 0) is 0 Å². The lowest BCUT2D eigenvalue weighted by Gasteiger charge is -2.18. The number of carboxylic acids is 1. The highest BCUT2D eigenvalue weighted by Crippen LogP contribution is 2.26. The first-order chi connectivity index (χ1) is 4.65. The van der Waals surface area contributed by atoms with E-state index in [4.69, 9.17) is 0 Å². The van der Waals surface area contributed by atoms with Crippen molar-refractivity contribution in [1.82, 2.24) is 0 Å². The fraction of sp³-hybridized carbons (Fsp3) is 0.667. The van der Waals surface area contributed by atoms with E-state index in [1.54, 1.807) is 0 Å². The fourth-order valence-corrected chi connectivity index (χ4v) is 0.187. The van der Waals surface area contributed by atoms with E-state index in [9.17, 15) is 31.9 Å². The molecule has 66 valence electrons. The van der Waals surface area contributed by atoms with Crippen molar-refractivity contribution in [3.63, 3.8) is 0 Å². The highest BCUT2D eigenvalue weighted by molar-refractivity contribution is 5.71. The molecule has 0 rings (SSSR count). The van der Waals surface area contributed by atoms with Gasteiger partial charge in [0.15, 0.2) is 0 Å². The van der Waals surface area contributed by atoms with E-state index >= 15 is 0 Å². The average Bonchev–Trinajstić information content (AvgIpc) is 1.56. The third kappa shape index (κ3) is 3.71. The van der Waals surface area contributed by atoms with E-state index in [1.807, 2.05) is 4.74 Å². The molecule has 0 spiro atoms. The second-order valence-electron chi connectivity index (χ2n) is 1.35. The van der Waals surface area contributed by atoms with Crippen LogP contribution < -0.4 is 5.11 Å². The van der Waals surface area contributed by atoms with Crippen molar-refractivity contribution in [3.8, 4) is 0 Å². The summed E-state index contributed by atoms with van der Waals surface area (Å²) in [4.78, 5) is 9.21. The van der Waals surface area contributed by atoms with Crippen LogP contribution in [0.4, 0.5) is 22.0 Å². The number of halogens is 5. The molecule has 0 saturated heterocycles. The Morgan fingerprint density at radius 2 is 1.55 bits per heavy atom. The maximum atomic E-state index is 11.4. The molecule has 0 aromatic rings. The second-order valence-corrected chi connectivity index (χ2v) is 1.35. The normalized spacial score (nSPS) is 13.2. The summed E-state index contributed by atoms with van der Waals surface area (Å²) < 4.78 is 57.5. The molecule has 0 aliphatic carbocycles. The lowest BCUT2D eigenvalue weighted by Crippen LogP contribution is -2.46. The first-order valence-electron chi connectivity index (χ1n) is 2.01. The Balaban J connectivity index is 4.25. The molecule has 0 aliphatic rings. The maximum Gasteiger partial charge on any atom is 0.527 e. The van der Waals surface area contributed by atoms with E-state index in [-0.39, 0.29) is 0 Å². The Hall–Kier alpha value is -0.920. The molecule has 0 unspecified atom stereocenters. The number of carbonyl (C=O) groups excluding carboxylic acids is 1. The zero-order chi connectivity index (χ0) is 9.28. The molecule has 11 heavy (non-hydrogen) atoms. The standard InChI is InChI=1S/C3HF5O3/c4-2(5,1(9)10)11-3(6,7)8/h(H,9,10)/p-1. The number of alkyl halides is 5. The summed E-state index contributed by atoms with van der Waals surface area (Å²) in [5.41, 5.74) is 0. The van der Waals surface area contributed by atoms with Gasteiger partial charge in [-0.3, -0.25) is 0 Å². The van der Waals surface area contributed by atoms with Gasteiger partial charge in [-0.2, -0.15) is 8.78 Å². The van der Waals surface area contributed by atoms with Gasteiger partial charge in [0.25, 0.3) is 0 Å². The van der Waals surface area contributed by atoms with Crippen LogP contribution in [0.1, 0.15) is 0 Å². The van der Waals surface area contributed by atoms with Crippen LogP contribution in [0.25, 0.3) is 0 Å². The fourth-order valence-electron chi connectivity index (χ4n) is 0.187. The van der Waals surface area contributed by atoms with Crippen molar-refractivity contribution in [2.45, 2.75) is 12.5 Å². The molecule has 0 N–H and O–H groups in total. The molecule has 0 aliphatic heterocycles. The summed E-state index contributed by atoms with van der Waals surface area (Å²) in [5, 5.41) is 9.21. The molecule has 8 heteroatoms. The number of hydrogen-bond acceptors (Lipinski definition) is 3. The highest BCUT2D eigenvalue weighted by atomic mass is 19.4. The van der Waals surface area contributed by atoms with E-state index < -0.39 is 18.4 Å². The maximum absolute atomic E-state index is 11.4. The molecule has 3 nitrogen and oxygen atoms in total. The third-order valence-electron chi connectivity index (χ3n) is 0.482. The smallest absolute Gasteiger partial charge is 0.527 e. The quantitative estimate of drug-likeness (QED) is 0.554. The summed E-state index contributed by atoms with van der Waals surface area (Å²) in [6.45, 7) is 0. The van der Waals surface area contributed by atoms with Crippen molar-refractivity contribution in [2.24, 2.45) is 0 Å². The molecule has 0 aromatic heterocycles. The predicted molar refractivity (Wildman–Crippen MR) is 17.1 cm³/mol. The van der Waals surface area contributed by atoms with Crippen molar-refractivity contribution in [3.05, 3.63) is 0 Å². The predicted octanol–water partition coefficient (Wildman–Crippen LogP) is -0.135. The number of aliphatic carboxylic acids is 1. The van der Waals surface area contributed by atoms with Crippen LogP contribution in [0.15, 0.2) is 0 Å². The van der Waals surface area contributed by atoms with Gasteiger partial charge in [0, 0.05) is 0 Å². The molecule has 0 radical (unpaired) electrons. The van der Waals surface area contributed by atoms with Gasteiger partial charge >= 0.3 is 12.5 Å². The van der Waals surface area contributed by atoms with Gasteiger partial charge in [0.1, 0.15) is 5.97 Å². The third-order valence-corrected chi connectivity index (χ3v) is 0.482. The van der Waals surface area contributed by atoms with Crippen molar-refractivity contribution in [1.29, 1.82) is 0 Å². The molecule has 0 bridgehead atoms. The molecule has 0 amide bonds. The number of carboxylic acid groups (broad SMARTS) is 1. The van der Waals surface area contributed by atoms with E-state index in [2.05, 4.69) is 0 Å². The molecule has 0 heterocycles. The van der Waals surface area contributed by atoms with Gasteiger partial charge < -0.3 is 9.90 Å². The van der Waals surface area contributed by atoms with Gasteiger partial charge in [-0.15, -0.1) is 13.2 Å².